The Morgan fingerprint density at radius 2 is 1.76 bits per heavy atom. The lowest BCUT2D eigenvalue weighted by molar-refractivity contribution is -0.138. The van der Waals surface area contributed by atoms with Gasteiger partial charge in [-0.15, -0.1) is 0 Å². The number of benzene rings is 1. The maximum Gasteiger partial charge on any atom is 0.240 e. The summed E-state index contributed by atoms with van der Waals surface area (Å²) in [6.07, 6.45) is 1.03. The molecule has 0 bridgehead atoms. The molecule has 0 N–H and O–H groups in total. The molecule has 1 saturated heterocycles. The number of aryl methyl sites for hydroxylation is 1. The highest BCUT2D eigenvalue weighted by Crippen LogP contribution is 2.13. The summed E-state index contributed by atoms with van der Waals surface area (Å²) < 4.78 is 5.22. The van der Waals surface area contributed by atoms with Gasteiger partial charge in [-0.3, -0.25) is 9.69 Å². The van der Waals surface area contributed by atoms with Gasteiger partial charge in [0.25, 0.3) is 0 Å². The first-order chi connectivity index (χ1) is 12.0. The number of ether oxygens (including phenoxy) is 1. The van der Waals surface area contributed by atoms with Crippen molar-refractivity contribution in [3.8, 4) is 0 Å². The van der Waals surface area contributed by atoms with E-state index in [2.05, 4.69) is 48.0 Å². The fourth-order valence-electron chi connectivity index (χ4n) is 3.20. The van der Waals surface area contributed by atoms with Crippen LogP contribution < -0.4 is 0 Å². The van der Waals surface area contributed by atoms with Gasteiger partial charge < -0.3 is 14.5 Å². The maximum atomic E-state index is 13.1. The summed E-state index contributed by atoms with van der Waals surface area (Å²) in [5, 5.41) is 0. The molecule has 2 rings (SSSR count). The molecule has 1 unspecified atom stereocenters. The summed E-state index contributed by atoms with van der Waals surface area (Å²) in [5.74, 6) is 0.196. The third-order valence-electron chi connectivity index (χ3n) is 5.12. The topological polar surface area (TPSA) is 36.0 Å². The Morgan fingerprint density at radius 1 is 1.16 bits per heavy atom. The van der Waals surface area contributed by atoms with E-state index in [0.29, 0.717) is 19.7 Å². The molecule has 1 atom stereocenters. The number of carbonyl (C=O) groups excluding carboxylic acids is 1. The van der Waals surface area contributed by atoms with E-state index in [-0.39, 0.29) is 11.9 Å². The second-order valence-corrected chi connectivity index (χ2v) is 6.94. The van der Waals surface area contributed by atoms with Gasteiger partial charge in [0.1, 0.15) is 0 Å². The Morgan fingerprint density at radius 3 is 2.32 bits per heavy atom. The van der Waals surface area contributed by atoms with Gasteiger partial charge in [0.2, 0.25) is 5.91 Å². The lowest BCUT2D eigenvalue weighted by Gasteiger charge is -2.37. The third kappa shape index (κ3) is 5.80. The van der Waals surface area contributed by atoms with E-state index in [0.717, 1.165) is 32.6 Å². The summed E-state index contributed by atoms with van der Waals surface area (Å²) in [5.41, 5.74) is 2.50. The molecule has 1 aromatic rings. The van der Waals surface area contributed by atoms with Crippen LogP contribution in [0.15, 0.2) is 24.3 Å². The van der Waals surface area contributed by atoms with Crippen LogP contribution in [0.3, 0.4) is 0 Å². The summed E-state index contributed by atoms with van der Waals surface area (Å²) in [4.78, 5) is 19.6. The second kappa shape index (κ2) is 9.90. The lowest BCUT2D eigenvalue weighted by Crippen LogP contribution is -2.54. The Kier molecular flexibility index (Phi) is 7.88. The molecule has 1 aliphatic heterocycles. The highest BCUT2D eigenvalue weighted by molar-refractivity contribution is 5.81. The molecule has 5 nitrogen and oxygen atoms in total. The van der Waals surface area contributed by atoms with Crippen molar-refractivity contribution in [2.24, 2.45) is 0 Å². The number of amides is 1. The van der Waals surface area contributed by atoms with Gasteiger partial charge in [0.05, 0.1) is 12.6 Å². The Hall–Kier alpha value is -1.43. The number of rotatable bonds is 8. The fourth-order valence-corrected chi connectivity index (χ4v) is 3.20. The van der Waals surface area contributed by atoms with Crippen LogP contribution in [-0.2, 0) is 22.5 Å². The summed E-state index contributed by atoms with van der Waals surface area (Å²) in [6, 6.07) is 8.48. The van der Waals surface area contributed by atoms with Crippen molar-refractivity contribution >= 4 is 5.91 Å². The summed E-state index contributed by atoms with van der Waals surface area (Å²) >= 11 is 0. The first kappa shape index (κ1) is 19.9. The molecule has 1 fully saturated rings. The molecule has 0 aromatic heterocycles. The Labute approximate surface area is 152 Å². The minimum absolute atomic E-state index is 0.0829. The van der Waals surface area contributed by atoms with E-state index >= 15 is 0 Å². The van der Waals surface area contributed by atoms with Crippen LogP contribution in [0.1, 0.15) is 25.0 Å². The van der Waals surface area contributed by atoms with Gasteiger partial charge in [0.15, 0.2) is 0 Å². The summed E-state index contributed by atoms with van der Waals surface area (Å²) in [6.45, 7) is 9.97. The number of methoxy groups -OCH3 is 1. The zero-order valence-electron chi connectivity index (χ0n) is 16.2. The number of carbonyl (C=O) groups is 1. The van der Waals surface area contributed by atoms with Crippen LogP contribution in [0.25, 0.3) is 0 Å². The standard InChI is InChI=1S/C20H33N3O2/c1-5-18-6-8-19(9-7-18)16-23(14-15-25-4)20(24)17(2)22-12-10-21(3)11-13-22/h6-9,17H,5,10-16H2,1-4H3. The zero-order valence-corrected chi connectivity index (χ0v) is 16.2. The molecule has 140 valence electrons. The average Bonchev–Trinajstić information content (AvgIpc) is 2.65. The van der Waals surface area contributed by atoms with Crippen molar-refractivity contribution in [1.29, 1.82) is 0 Å². The molecule has 0 saturated carbocycles. The maximum absolute atomic E-state index is 13.1. The predicted molar refractivity (Wildman–Crippen MR) is 102 cm³/mol. The molecule has 25 heavy (non-hydrogen) atoms. The molecular formula is C20H33N3O2. The van der Waals surface area contributed by atoms with E-state index in [1.165, 1.54) is 11.1 Å². The van der Waals surface area contributed by atoms with E-state index in [4.69, 9.17) is 4.74 Å². The van der Waals surface area contributed by atoms with Crippen molar-refractivity contribution in [3.05, 3.63) is 35.4 Å². The van der Waals surface area contributed by atoms with Crippen LogP contribution in [0.2, 0.25) is 0 Å². The number of nitrogens with zero attached hydrogens (tertiary/aromatic N) is 3. The monoisotopic (exact) mass is 347 g/mol. The predicted octanol–water partition coefficient (Wildman–Crippen LogP) is 1.86. The first-order valence-electron chi connectivity index (χ1n) is 9.33. The molecule has 1 amide bonds. The third-order valence-corrected chi connectivity index (χ3v) is 5.12. The molecule has 1 aromatic carbocycles. The van der Waals surface area contributed by atoms with Gasteiger partial charge in [-0.25, -0.2) is 0 Å². The number of hydrogen-bond acceptors (Lipinski definition) is 4. The number of hydrogen-bond donors (Lipinski definition) is 0. The lowest BCUT2D eigenvalue weighted by atomic mass is 10.1. The molecule has 0 radical (unpaired) electrons. The Bertz CT molecular complexity index is 524. The molecule has 1 aliphatic rings. The highest BCUT2D eigenvalue weighted by atomic mass is 16.5. The molecule has 1 heterocycles. The largest absolute Gasteiger partial charge is 0.383 e. The van der Waals surface area contributed by atoms with E-state index in [1.54, 1.807) is 7.11 Å². The van der Waals surface area contributed by atoms with Crippen LogP contribution in [0.4, 0.5) is 0 Å². The quantitative estimate of drug-likeness (QED) is 0.719. The molecule has 0 spiro atoms. The second-order valence-electron chi connectivity index (χ2n) is 6.94. The average molecular weight is 348 g/mol. The van der Waals surface area contributed by atoms with Crippen LogP contribution >= 0.6 is 0 Å². The minimum atomic E-state index is -0.0829. The van der Waals surface area contributed by atoms with E-state index in [1.807, 2.05) is 11.8 Å². The zero-order chi connectivity index (χ0) is 18.2. The van der Waals surface area contributed by atoms with Gasteiger partial charge in [-0.1, -0.05) is 31.2 Å². The molecule has 5 heteroatoms. The van der Waals surface area contributed by atoms with Crippen LogP contribution in [0.5, 0.6) is 0 Å². The smallest absolute Gasteiger partial charge is 0.240 e. The first-order valence-corrected chi connectivity index (χ1v) is 9.33. The van der Waals surface area contributed by atoms with E-state index in [9.17, 15) is 4.79 Å². The van der Waals surface area contributed by atoms with Gasteiger partial charge in [-0.05, 0) is 31.5 Å². The van der Waals surface area contributed by atoms with Gasteiger partial charge in [-0.2, -0.15) is 0 Å². The van der Waals surface area contributed by atoms with E-state index < -0.39 is 0 Å². The Balaban J connectivity index is 2.02. The van der Waals surface area contributed by atoms with Gasteiger partial charge >= 0.3 is 0 Å². The van der Waals surface area contributed by atoms with Crippen molar-refractivity contribution in [3.63, 3.8) is 0 Å². The normalized spacial score (nSPS) is 17.4. The van der Waals surface area contributed by atoms with Crippen LogP contribution in [0, 0.1) is 0 Å². The number of piperazine rings is 1. The van der Waals surface area contributed by atoms with Crippen molar-refractivity contribution < 1.29 is 9.53 Å². The number of likely N-dealkylation sites (N-methyl/N-ethyl adjacent to an activating group) is 1. The highest BCUT2D eigenvalue weighted by Gasteiger charge is 2.28. The SMILES string of the molecule is CCc1ccc(CN(CCOC)C(=O)C(C)N2CCN(C)CC2)cc1. The van der Waals surface area contributed by atoms with Gasteiger partial charge in [0, 0.05) is 46.4 Å². The van der Waals surface area contributed by atoms with Crippen molar-refractivity contribution in [2.45, 2.75) is 32.9 Å². The van der Waals surface area contributed by atoms with Crippen molar-refractivity contribution in [1.82, 2.24) is 14.7 Å². The van der Waals surface area contributed by atoms with Crippen molar-refractivity contribution in [2.75, 3.05) is 53.5 Å². The fraction of sp³-hybridized carbons (Fsp3) is 0.650. The van der Waals surface area contributed by atoms with Crippen LogP contribution in [-0.4, -0.2) is 80.1 Å². The summed E-state index contributed by atoms with van der Waals surface area (Å²) in [7, 11) is 3.82. The molecular weight excluding hydrogens is 314 g/mol. The minimum Gasteiger partial charge on any atom is -0.383 e. The molecule has 0 aliphatic carbocycles.